The Labute approximate surface area is 169 Å². The van der Waals surface area contributed by atoms with Crippen molar-refractivity contribution in [1.29, 1.82) is 5.26 Å². The van der Waals surface area contributed by atoms with Gasteiger partial charge in [0.15, 0.2) is 0 Å². The standard InChI is InChI=1S/C21H23N5O3/c1-6-21(5)17(27)26(19(28)25-21)14-11-23-18(24-12-14)29-16-8-7-13(10-22)9-15(16)20(2,3)4/h7-9,11-12H,6H2,1-5H3,(H,25,28)/t21-/m1/s1. The Bertz CT molecular complexity index is 1000. The zero-order valence-corrected chi connectivity index (χ0v) is 17.1. The van der Waals surface area contributed by atoms with Gasteiger partial charge in [0.1, 0.15) is 11.3 Å². The highest BCUT2D eigenvalue weighted by Crippen LogP contribution is 2.34. The summed E-state index contributed by atoms with van der Waals surface area (Å²) in [5, 5.41) is 11.9. The molecule has 0 unspecified atom stereocenters. The van der Waals surface area contributed by atoms with E-state index in [1.54, 1.807) is 25.1 Å². The van der Waals surface area contributed by atoms with Gasteiger partial charge in [0.05, 0.1) is 29.7 Å². The van der Waals surface area contributed by atoms with Gasteiger partial charge in [-0.25, -0.2) is 19.7 Å². The quantitative estimate of drug-likeness (QED) is 0.794. The summed E-state index contributed by atoms with van der Waals surface area (Å²) in [6, 6.07) is 6.86. The molecule has 3 amide bonds. The average molecular weight is 393 g/mol. The molecule has 1 saturated heterocycles. The number of nitriles is 1. The minimum absolute atomic E-state index is 0.0780. The maximum absolute atomic E-state index is 12.6. The Morgan fingerprint density at radius 3 is 2.41 bits per heavy atom. The zero-order chi connectivity index (χ0) is 21.4. The van der Waals surface area contributed by atoms with Gasteiger partial charge in [0.2, 0.25) is 0 Å². The number of imide groups is 1. The molecule has 1 N–H and O–H groups in total. The summed E-state index contributed by atoms with van der Waals surface area (Å²) in [6.07, 6.45) is 3.23. The number of urea groups is 1. The van der Waals surface area contributed by atoms with E-state index in [4.69, 9.17) is 10.00 Å². The van der Waals surface area contributed by atoms with Gasteiger partial charge in [-0.1, -0.05) is 27.7 Å². The number of hydrogen-bond acceptors (Lipinski definition) is 6. The van der Waals surface area contributed by atoms with Crippen LogP contribution in [0.15, 0.2) is 30.6 Å². The Morgan fingerprint density at radius 1 is 1.24 bits per heavy atom. The highest BCUT2D eigenvalue weighted by molar-refractivity contribution is 6.23. The molecule has 8 heteroatoms. The Morgan fingerprint density at radius 2 is 1.90 bits per heavy atom. The Balaban J connectivity index is 1.87. The van der Waals surface area contributed by atoms with Crippen LogP contribution in [-0.2, 0) is 10.2 Å². The van der Waals surface area contributed by atoms with Gasteiger partial charge in [-0.15, -0.1) is 0 Å². The van der Waals surface area contributed by atoms with E-state index in [1.807, 2.05) is 27.7 Å². The number of rotatable bonds is 4. The molecule has 1 aromatic carbocycles. The third-order valence-electron chi connectivity index (χ3n) is 4.96. The zero-order valence-electron chi connectivity index (χ0n) is 17.1. The molecule has 0 aliphatic carbocycles. The molecule has 2 heterocycles. The minimum Gasteiger partial charge on any atom is -0.424 e. The summed E-state index contributed by atoms with van der Waals surface area (Å²) in [4.78, 5) is 34.2. The van der Waals surface area contributed by atoms with Crippen molar-refractivity contribution in [2.24, 2.45) is 0 Å². The monoisotopic (exact) mass is 393 g/mol. The van der Waals surface area contributed by atoms with Crippen LogP contribution >= 0.6 is 0 Å². The molecule has 29 heavy (non-hydrogen) atoms. The first kappa shape index (κ1) is 20.3. The van der Waals surface area contributed by atoms with Crippen LogP contribution in [0.1, 0.15) is 52.2 Å². The molecule has 0 radical (unpaired) electrons. The van der Waals surface area contributed by atoms with Crippen molar-refractivity contribution in [3.8, 4) is 17.8 Å². The van der Waals surface area contributed by atoms with Gasteiger partial charge in [-0.05, 0) is 37.0 Å². The molecular formula is C21H23N5O3. The smallest absolute Gasteiger partial charge is 0.329 e. The van der Waals surface area contributed by atoms with E-state index in [9.17, 15) is 9.59 Å². The lowest BCUT2D eigenvalue weighted by Gasteiger charge is -2.22. The summed E-state index contributed by atoms with van der Waals surface area (Å²) in [5.41, 5.74) is 0.462. The number of carbonyl (C=O) groups is 2. The van der Waals surface area contributed by atoms with E-state index in [1.165, 1.54) is 12.4 Å². The van der Waals surface area contributed by atoms with E-state index in [2.05, 4.69) is 21.4 Å². The van der Waals surface area contributed by atoms with Crippen LogP contribution in [0.2, 0.25) is 0 Å². The molecule has 3 rings (SSSR count). The topological polar surface area (TPSA) is 108 Å². The average Bonchev–Trinajstić information content (AvgIpc) is 2.91. The number of benzene rings is 1. The van der Waals surface area contributed by atoms with Crippen LogP contribution in [-0.4, -0.2) is 27.4 Å². The third-order valence-corrected chi connectivity index (χ3v) is 4.96. The number of anilines is 1. The van der Waals surface area contributed by atoms with E-state index >= 15 is 0 Å². The van der Waals surface area contributed by atoms with E-state index in [-0.39, 0.29) is 23.0 Å². The molecular weight excluding hydrogens is 370 g/mol. The first-order valence-corrected chi connectivity index (χ1v) is 9.30. The molecule has 1 aromatic heterocycles. The van der Waals surface area contributed by atoms with Crippen LogP contribution in [0, 0.1) is 11.3 Å². The van der Waals surface area contributed by atoms with Crippen LogP contribution in [0.4, 0.5) is 10.5 Å². The van der Waals surface area contributed by atoms with Crippen LogP contribution in [0.25, 0.3) is 0 Å². The number of nitrogens with one attached hydrogen (secondary N) is 1. The van der Waals surface area contributed by atoms with Crippen molar-refractivity contribution in [1.82, 2.24) is 15.3 Å². The van der Waals surface area contributed by atoms with Crippen LogP contribution in [0.3, 0.4) is 0 Å². The summed E-state index contributed by atoms with van der Waals surface area (Å²) >= 11 is 0. The highest BCUT2D eigenvalue weighted by Gasteiger charge is 2.47. The second-order valence-electron chi connectivity index (χ2n) is 8.16. The van der Waals surface area contributed by atoms with Gasteiger partial charge in [0, 0.05) is 5.56 Å². The molecule has 0 saturated carbocycles. The first-order valence-electron chi connectivity index (χ1n) is 9.30. The number of nitrogens with zero attached hydrogens (tertiary/aromatic N) is 4. The predicted octanol–water partition coefficient (Wildman–Crippen LogP) is 3.66. The second-order valence-corrected chi connectivity index (χ2v) is 8.16. The molecule has 1 fully saturated rings. The molecule has 8 nitrogen and oxygen atoms in total. The lowest BCUT2D eigenvalue weighted by atomic mass is 9.85. The third kappa shape index (κ3) is 3.76. The molecule has 0 bridgehead atoms. The van der Waals surface area contributed by atoms with Gasteiger partial charge in [-0.3, -0.25) is 4.79 Å². The molecule has 2 aromatic rings. The molecule has 1 aliphatic heterocycles. The van der Waals surface area contributed by atoms with Crippen molar-refractivity contribution < 1.29 is 14.3 Å². The van der Waals surface area contributed by atoms with Gasteiger partial charge in [0.25, 0.3) is 5.91 Å². The maximum atomic E-state index is 12.6. The maximum Gasteiger partial charge on any atom is 0.329 e. The predicted molar refractivity (Wildman–Crippen MR) is 107 cm³/mol. The Kier molecular flexibility index (Phi) is 5.01. The van der Waals surface area contributed by atoms with Gasteiger partial charge < -0.3 is 10.1 Å². The summed E-state index contributed by atoms with van der Waals surface area (Å²) in [5.74, 6) is 0.196. The summed E-state index contributed by atoms with van der Waals surface area (Å²) in [6.45, 7) is 9.57. The van der Waals surface area contributed by atoms with E-state index in [0.717, 1.165) is 10.5 Å². The highest BCUT2D eigenvalue weighted by atomic mass is 16.5. The molecule has 0 spiro atoms. The van der Waals surface area contributed by atoms with Crippen molar-refractivity contribution >= 4 is 17.6 Å². The van der Waals surface area contributed by atoms with Crippen LogP contribution < -0.4 is 15.0 Å². The number of ether oxygens (including phenoxy) is 1. The number of hydrogen-bond donors (Lipinski definition) is 1. The summed E-state index contributed by atoms with van der Waals surface area (Å²) in [7, 11) is 0. The SMILES string of the molecule is CC[C@@]1(C)NC(=O)N(c2cnc(Oc3ccc(C#N)cc3C(C)(C)C)nc2)C1=O. The van der Waals surface area contributed by atoms with Gasteiger partial charge in [-0.2, -0.15) is 5.26 Å². The normalized spacial score (nSPS) is 19.1. The van der Waals surface area contributed by atoms with Gasteiger partial charge >= 0.3 is 12.0 Å². The van der Waals surface area contributed by atoms with Crippen molar-refractivity contribution in [3.63, 3.8) is 0 Å². The van der Waals surface area contributed by atoms with Crippen molar-refractivity contribution in [3.05, 3.63) is 41.7 Å². The molecule has 1 aliphatic rings. The first-order chi connectivity index (χ1) is 13.6. The fourth-order valence-corrected chi connectivity index (χ4v) is 3.01. The van der Waals surface area contributed by atoms with Crippen molar-refractivity contribution in [2.75, 3.05) is 4.90 Å². The van der Waals surface area contributed by atoms with E-state index in [0.29, 0.717) is 17.7 Å². The number of amides is 3. The summed E-state index contributed by atoms with van der Waals surface area (Å²) < 4.78 is 5.83. The minimum atomic E-state index is -0.934. The largest absolute Gasteiger partial charge is 0.424 e. The number of aromatic nitrogens is 2. The lowest BCUT2D eigenvalue weighted by molar-refractivity contribution is -0.121. The lowest BCUT2D eigenvalue weighted by Crippen LogP contribution is -2.43. The molecule has 1 atom stereocenters. The fourth-order valence-electron chi connectivity index (χ4n) is 3.01. The van der Waals surface area contributed by atoms with Crippen LogP contribution in [0.5, 0.6) is 11.8 Å². The second kappa shape index (κ2) is 7.17. The van der Waals surface area contributed by atoms with E-state index < -0.39 is 11.6 Å². The fraction of sp³-hybridized carbons (Fsp3) is 0.381. The number of carbonyl (C=O) groups excluding carboxylic acids is 2. The van der Waals surface area contributed by atoms with Crippen molar-refractivity contribution in [2.45, 2.75) is 52.0 Å². The molecule has 150 valence electrons. The Hall–Kier alpha value is -3.47.